The first-order valence-electron chi connectivity index (χ1n) is 19.4. The third-order valence-corrected chi connectivity index (χ3v) is 12.4. The van der Waals surface area contributed by atoms with Crippen molar-refractivity contribution < 1.29 is 0 Å². The zero-order valence-corrected chi connectivity index (χ0v) is 30.5. The molecule has 0 aliphatic heterocycles. The summed E-state index contributed by atoms with van der Waals surface area (Å²) in [5.74, 6) is 0. The van der Waals surface area contributed by atoms with Gasteiger partial charge in [-0.25, -0.2) is 0 Å². The maximum absolute atomic E-state index is 2.79. The Hall–Kier alpha value is -1.17. The molecule has 2 aromatic rings. The van der Waals surface area contributed by atoms with E-state index in [-0.39, 0.29) is 7.92 Å². The average molecular weight is 622 g/mol. The quantitative estimate of drug-likeness (QED) is 0.0832. The van der Waals surface area contributed by atoms with Crippen LogP contribution in [0.2, 0.25) is 0 Å². The van der Waals surface area contributed by atoms with Crippen molar-refractivity contribution in [1.82, 2.24) is 4.90 Å². The summed E-state index contributed by atoms with van der Waals surface area (Å²) in [7, 11) is -0.169. The Morgan fingerprint density at radius 2 is 0.795 bits per heavy atom. The molecule has 0 amide bonds. The van der Waals surface area contributed by atoms with E-state index < -0.39 is 0 Å². The molecule has 44 heavy (non-hydrogen) atoms. The van der Waals surface area contributed by atoms with Gasteiger partial charge in [0.05, 0.1) is 0 Å². The van der Waals surface area contributed by atoms with Gasteiger partial charge in [0.25, 0.3) is 0 Å². The van der Waals surface area contributed by atoms with E-state index in [9.17, 15) is 0 Å². The third-order valence-electron chi connectivity index (χ3n) is 9.49. The molecule has 1 nitrogen and oxygen atoms in total. The highest BCUT2D eigenvalue weighted by atomic mass is 31.1. The van der Waals surface area contributed by atoms with Crippen LogP contribution < -0.4 is 10.6 Å². The molecule has 1 fully saturated rings. The standard InChI is InChI=1S/C24H51N.C18H21P/c1-4-7-10-13-16-19-22-25(23-20-17-14-11-8-5-2)24-21-18-15-12-9-6-3;1-4-10-16(11-5-1)19(17-12-6-2-7-13-17)18-14-8-3-9-15-18/h4-24H2,1-3H3;1-2,4-7,10-13,18H,3,8-9,14-15H2. The molecule has 2 heteroatoms. The zero-order valence-electron chi connectivity index (χ0n) is 29.6. The molecule has 0 radical (unpaired) electrons. The van der Waals surface area contributed by atoms with Gasteiger partial charge in [0.15, 0.2) is 0 Å². The number of nitrogens with zero attached hydrogens (tertiary/aromatic N) is 1. The van der Waals surface area contributed by atoms with Crippen molar-refractivity contribution in [2.24, 2.45) is 0 Å². The first kappa shape index (κ1) is 39.0. The Morgan fingerprint density at radius 3 is 1.16 bits per heavy atom. The topological polar surface area (TPSA) is 3.24 Å². The Bertz CT molecular complexity index is 769. The smallest absolute Gasteiger partial charge is 0.00187 e. The largest absolute Gasteiger partial charge is 0.303 e. The van der Waals surface area contributed by atoms with Crippen LogP contribution in [0, 0.1) is 0 Å². The van der Waals surface area contributed by atoms with Crippen LogP contribution in [0.25, 0.3) is 0 Å². The monoisotopic (exact) mass is 622 g/mol. The maximum Gasteiger partial charge on any atom is -0.00187 e. The van der Waals surface area contributed by atoms with Gasteiger partial charge in [-0.1, -0.05) is 197 Å². The first-order chi connectivity index (χ1) is 21.8. The second-order valence-electron chi connectivity index (χ2n) is 13.5. The van der Waals surface area contributed by atoms with Crippen molar-refractivity contribution in [3.8, 4) is 0 Å². The minimum Gasteiger partial charge on any atom is -0.303 e. The lowest BCUT2D eigenvalue weighted by molar-refractivity contribution is 0.254. The fourth-order valence-electron chi connectivity index (χ4n) is 6.77. The Morgan fingerprint density at radius 1 is 0.455 bits per heavy atom. The van der Waals surface area contributed by atoms with Gasteiger partial charge in [-0.05, 0) is 75.9 Å². The molecule has 1 saturated carbocycles. The number of benzene rings is 2. The van der Waals surface area contributed by atoms with Gasteiger partial charge in [0, 0.05) is 0 Å². The molecule has 250 valence electrons. The molecular formula is C42H72NP. The SMILES string of the molecule is CCCCCCCCN(CCCCCCCC)CCCCCCCC.c1ccc(P(c2ccccc2)C2CCCCC2)cc1. The fraction of sp³-hybridized carbons (Fsp3) is 0.714. The predicted molar refractivity (Wildman–Crippen MR) is 203 cm³/mol. The van der Waals surface area contributed by atoms with Crippen molar-refractivity contribution in [3.05, 3.63) is 60.7 Å². The summed E-state index contributed by atoms with van der Waals surface area (Å²) >= 11 is 0. The zero-order chi connectivity index (χ0) is 31.3. The average Bonchev–Trinajstić information content (AvgIpc) is 3.07. The highest BCUT2D eigenvalue weighted by Gasteiger charge is 2.25. The van der Waals surface area contributed by atoms with Crippen molar-refractivity contribution in [2.75, 3.05) is 19.6 Å². The number of hydrogen-bond acceptors (Lipinski definition) is 1. The molecule has 1 aliphatic rings. The van der Waals surface area contributed by atoms with E-state index >= 15 is 0 Å². The molecule has 0 spiro atoms. The molecular weight excluding hydrogens is 549 g/mol. The number of rotatable bonds is 24. The van der Waals surface area contributed by atoms with E-state index in [0.29, 0.717) is 0 Å². The normalized spacial score (nSPS) is 13.8. The summed E-state index contributed by atoms with van der Waals surface area (Å²) in [6.07, 6.45) is 32.8. The first-order valence-corrected chi connectivity index (χ1v) is 20.8. The minimum absolute atomic E-state index is 0.169. The highest BCUT2D eigenvalue weighted by Crippen LogP contribution is 2.46. The van der Waals surface area contributed by atoms with Crippen LogP contribution in [-0.2, 0) is 0 Å². The molecule has 1 aliphatic carbocycles. The molecule has 0 atom stereocenters. The van der Waals surface area contributed by atoms with Crippen LogP contribution in [-0.4, -0.2) is 30.2 Å². The molecule has 0 aromatic heterocycles. The van der Waals surface area contributed by atoms with Crippen LogP contribution >= 0.6 is 7.92 Å². The summed E-state index contributed by atoms with van der Waals surface area (Å²) in [6.45, 7) is 11.0. The van der Waals surface area contributed by atoms with Gasteiger partial charge >= 0.3 is 0 Å². The second kappa shape index (κ2) is 28.1. The molecule has 0 heterocycles. The molecule has 0 unspecified atom stereocenters. The van der Waals surface area contributed by atoms with Crippen molar-refractivity contribution in [1.29, 1.82) is 0 Å². The molecule has 2 aromatic carbocycles. The molecule has 0 saturated heterocycles. The van der Waals surface area contributed by atoms with Crippen LogP contribution in [0.5, 0.6) is 0 Å². The van der Waals surface area contributed by atoms with Gasteiger partial charge in [-0.15, -0.1) is 0 Å². The Labute approximate surface area is 277 Å². The van der Waals surface area contributed by atoms with Crippen LogP contribution in [0.15, 0.2) is 60.7 Å². The van der Waals surface area contributed by atoms with E-state index in [0.717, 1.165) is 5.66 Å². The van der Waals surface area contributed by atoms with E-state index in [1.54, 1.807) is 10.6 Å². The maximum atomic E-state index is 2.79. The summed E-state index contributed by atoms with van der Waals surface area (Å²) in [5.41, 5.74) is 0.883. The summed E-state index contributed by atoms with van der Waals surface area (Å²) in [5, 5.41) is 3.10. The lowest BCUT2D eigenvalue weighted by atomic mass is 10.0. The van der Waals surface area contributed by atoms with Crippen LogP contribution in [0.3, 0.4) is 0 Å². The fourth-order valence-corrected chi connectivity index (χ4v) is 9.78. The highest BCUT2D eigenvalue weighted by molar-refractivity contribution is 7.73. The van der Waals surface area contributed by atoms with Crippen LogP contribution in [0.1, 0.15) is 168 Å². The number of hydrogen-bond donors (Lipinski definition) is 0. The Balaban J connectivity index is 0.000000315. The van der Waals surface area contributed by atoms with Gasteiger partial charge in [-0.3, -0.25) is 0 Å². The van der Waals surface area contributed by atoms with Gasteiger partial charge in [0.2, 0.25) is 0 Å². The predicted octanol–water partition coefficient (Wildman–Crippen LogP) is 12.8. The van der Waals surface area contributed by atoms with E-state index in [1.807, 2.05) is 0 Å². The lowest BCUT2D eigenvalue weighted by Crippen LogP contribution is -2.27. The van der Waals surface area contributed by atoms with E-state index in [1.165, 1.54) is 167 Å². The van der Waals surface area contributed by atoms with Crippen molar-refractivity contribution >= 4 is 18.5 Å². The van der Waals surface area contributed by atoms with Crippen LogP contribution in [0.4, 0.5) is 0 Å². The van der Waals surface area contributed by atoms with Crippen molar-refractivity contribution in [3.63, 3.8) is 0 Å². The van der Waals surface area contributed by atoms with Crippen molar-refractivity contribution in [2.45, 2.75) is 174 Å². The van der Waals surface area contributed by atoms with E-state index in [4.69, 9.17) is 0 Å². The minimum atomic E-state index is -0.169. The summed E-state index contributed by atoms with van der Waals surface area (Å²) in [6, 6.07) is 22.3. The van der Waals surface area contributed by atoms with Gasteiger partial charge in [0.1, 0.15) is 0 Å². The third kappa shape index (κ3) is 18.7. The second-order valence-corrected chi connectivity index (χ2v) is 16.0. The molecule has 3 rings (SSSR count). The summed E-state index contributed by atoms with van der Waals surface area (Å²) < 4.78 is 0. The summed E-state index contributed by atoms with van der Waals surface area (Å²) in [4.78, 5) is 2.79. The van der Waals surface area contributed by atoms with E-state index in [2.05, 4.69) is 86.3 Å². The Kier molecular flexibility index (Phi) is 24.9. The van der Waals surface area contributed by atoms with Gasteiger partial charge in [-0.2, -0.15) is 0 Å². The molecule has 0 N–H and O–H groups in total. The number of unbranched alkanes of at least 4 members (excludes halogenated alkanes) is 15. The van der Waals surface area contributed by atoms with Gasteiger partial charge < -0.3 is 4.90 Å². The molecule has 0 bridgehead atoms. The lowest BCUT2D eigenvalue weighted by Gasteiger charge is -2.31.